The van der Waals surface area contributed by atoms with E-state index in [4.69, 9.17) is 4.74 Å². The van der Waals surface area contributed by atoms with Crippen molar-refractivity contribution in [1.29, 1.82) is 0 Å². The van der Waals surface area contributed by atoms with Gasteiger partial charge in [0.05, 0.1) is 13.2 Å². The molecule has 0 saturated carbocycles. The summed E-state index contributed by atoms with van der Waals surface area (Å²) in [6.07, 6.45) is 0. The van der Waals surface area contributed by atoms with Crippen LogP contribution in [0.5, 0.6) is 5.75 Å². The molecule has 5 heteroatoms. The molecule has 2 aromatic rings. The van der Waals surface area contributed by atoms with Crippen LogP contribution in [0, 0.1) is 6.92 Å². The molecule has 0 fully saturated rings. The van der Waals surface area contributed by atoms with Crippen molar-refractivity contribution >= 4 is 17.5 Å². The van der Waals surface area contributed by atoms with Crippen molar-refractivity contribution in [3.63, 3.8) is 0 Å². The van der Waals surface area contributed by atoms with Crippen LogP contribution in [-0.2, 0) is 4.79 Å². The largest absolute Gasteiger partial charge is 0.496 e. The molecular weight excluding hydrogens is 304 g/mol. The number of benzene rings is 2. The van der Waals surface area contributed by atoms with Crippen molar-refractivity contribution in [2.24, 2.45) is 0 Å². The van der Waals surface area contributed by atoms with Crippen LogP contribution in [0.2, 0.25) is 0 Å². The summed E-state index contributed by atoms with van der Waals surface area (Å²) in [5.74, 6) is 0.419. The van der Waals surface area contributed by atoms with Crippen LogP contribution < -0.4 is 15.4 Å². The summed E-state index contributed by atoms with van der Waals surface area (Å²) in [5.41, 5.74) is 3.22. The Labute approximate surface area is 142 Å². The Morgan fingerprint density at radius 2 is 1.75 bits per heavy atom. The SMILES string of the molecule is COc1ccc(C)cc1C(C)NC(=O)c1ccc(NC(C)=O)cc1. The second-order valence-electron chi connectivity index (χ2n) is 5.70. The van der Waals surface area contributed by atoms with Gasteiger partial charge in [-0.05, 0) is 44.2 Å². The Bertz CT molecular complexity index is 739. The fourth-order valence-electron chi connectivity index (χ4n) is 2.46. The lowest BCUT2D eigenvalue weighted by Gasteiger charge is -2.18. The van der Waals surface area contributed by atoms with Gasteiger partial charge in [-0.15, -0.1) is 0 Å². The van der Waals surface area contributed by atoms with E-state index < -0.39 is 0 Å². The van der Waals surface area contributed by atoms with Gasteiger partial charge in [-0.25, -0.2) is 0 Å². The summed E-state index contributed by atoms with van der Waals surface area (Å²) in [5, 5.41) is 5.64. The Hall–Kier alpha value is -2.82. The number of carbonyl (C=O) groups is 2. The second-order valence-corrected chi connectivity index (χ2v) is 5.70. The third kappa shape index (κ3) is 4.35. The van der Waals surface area contributed by atoms with Gasteiger partial charge >= 0.3 is 0 Å². The van der Waals surface area contributed by atoms with E-state index in [0.717, 1.165) is 16.9 Å². The van der Waals surface area contributed by atoms with E-state index in [0.29, 0.717) is 11.3 Å². The number of aryl methyl sites for hydroxylation is 1. The maximum Gasteiger partial charge on any atom is 0.251 e. The molecule has 24 heavy (non-hydrogen) atoms. The lowest BCUT2D eigenvalue weighted by molar-refractivity contribution is -0.114. The Kier molecular flexibility index (Phi) is 5.58. The van der Waals surface area contributed by atoms with Crippen LogP contribution in [0.4, 0.5) is 5.69 Å². The zero-order valence-corrected chi connectivity index (χ0v) is 14.3. The number of hydrogen-bond donors (Lipinski definition) is 2. The van der Waals surface area contributed by atoms with Gasteiger partial charge < -0.3 is 15.4 Å². The smallest absolute Gasteiger partial charge is 0.251 e. The molecule has 2 rings (SSSR count). The average molecular weight is 326 g/mol. The summed E-state index contributed by atoms with van der Waals surface area (Å²) >= 11 is 0. The third-order valence-corrected chi connectivity index (χ3v) is 3.67. The average Bonchev–Trinajstić information content (AvgIpc) is 2.54. The van der Waals surface area contributed by atoms with Gasteiger partial charge in [0.25, 0.3) is 5.91 Å². The molecular formula is C19H22N2O3. The first-order valence-corrected chi connectivity index (χ1v) is 7.73. The summed E-state index contributed by atoms with van der Waals surface area (Å²) in [7, 11) is 1.61. The number of hydrogen-bond acceptors (Lipinski definition) is 3. The van der Waals surface area contributed by atoms with E-state index in [1.165, 1.54) is 6.92 Å². The van der Waals surface area contributed by atoms with Crippen LogP contribution in [0.15, 0.2) is 42.5 Å². The molecule has 0 heterocycles. The maximum atomic E-state index is 12.4. The van der Waals surface area contributed by atoms with Gasteiger partial charge in [-0.1, -0.05) is 17.7 Å². The molecule has 0 saturated heterocycles. The monoisotopic (exact) mass is 326 g/mol. The molecule has 1 unspecified atom stereocenters. The second kappa shape index (κ2) is 7.64. The van der Waals surface area contributed by atoms with Crippen molar-refractivity contribution in [2.75, 3.05) is 12.4 Å². The fourth-order valence-corrected chi connectivity index (χ4v) is 2.46. The molecule has 2 aromatic carbocycles. The zero-order valence-electron chi connectivity index (χ0n) is 14.3. The molecule has 0 bridgehead atoms. The van der Waals surface area contributed by atoms with E-state index in [1.807, 2.05) is 32.0 Å². The van der Waals surface area contributed by atoms with E-state index in [9.17, 15) is 9.59 Å². The van der Waals surface area contributed by atoms with Crippen molar-refractivity contribution in [3.05, 3.63) is 59.2 Å². The molecule has 1 atom stereocenters. The molecule has 0 aliphatic rings. The summed E-state index contributed by atoms with van der Waals surface area (Å²) in [6.45, 7) is 5.36. The van der Waals surface area contributed by atoms with Gasteiger partial charge in [-0.3, -0.25) is 9.59 Å². The Morgan fingerprint density at radius 1 is 1.08 bits per heavy atom. The standard InChI is InChI=1S/C19H22N2O3/c1-12-5-10-18(24-4)17(11-12)13(2)20-19(23)15-6-8-16(9-7-15)21-14(3)22/h5-11,13H,1-4H3,(H,20,23)(H,21,22). The molecule has 5 nitrogen and oxygen atoms in total. The topological polar surface area (TPSA) is 67.4 Å². The molecule has 0 radical (unpaired) electrons. The van der Waals surface area contributed by atoms with Gasteiger partial charge in [-0.2, -0.15) is 0 Å². The normalized spacial score (nSPS) is 11.5. The molecule has 0 aliphatic carbocycles. The van der Waals surface area contributed by atoms with Gasteiger partial charge in [0.15, 0.2) is 0 Å². The van der Waals surface area contributed by atoms with E-state index >= 15 is 0 Å². The van der Waals surface area contributed by atoms with E-state index in [-0.39, 0.29) is 17.9 Å². The highest BCUT2D eigenvalue weighted by molar-refractivity contribution is 5.95. The lowest BCUT2D eigenvalue weighted by atomic mass is 10.0. The van der Waals surface area contributed by atoms with Crippen molar-refractivity contribution < 1.29 is 14.3 Å². The highest BCUT2D eigenvalue weighted by Crippen LogP contribution is 2.26. The number of ether oxygens (including phenoxy) is 1. The Morgan fingerprint density at radius 3 is 2.33 bits per heavy atom. The van der Waals surface area contributed by atoms with Gasteiger partial charge in [0, 0.05) is 23.7 Å². The molecule has 0 aliphatic heterocycles. The molecule has 0 aromatic heterocycles. The summed E-state index contributed by atoms with van der Waals surface area (Å²) < 4.78 is 5.37. The van der Waals surface area contributed by atoms with Crippen LogP contribution >= 0.6 is 0 Å². The highest BCUT2D eigenvalue weighted by Gasteiger charge is 2.15. The quantitative estimate of drug-likeness (QED) is 0.884. The zero-order chi connectivity index (χ0) is 17.7. The number of amides is 2. The third-order valence-electron chi connectivity index (χ3n) is 3.67. The number of carbonyl (C=O) groups excluding carboxylic acids is 2. The van der Waals surface area contributed by atoms with E-state index in [2.05, 4.69) is 10.6 Å². The first kappa shape index (κ1) is 17.5. The molecule has 0 spiro atoms. The van der Waals surface area contributed by atoms with Crippen molar-refractivity contribution in [1.82, 2.24) is 5.32 Å². The predicted octanol–water partition coefficient (Wildman–Crippen LogP) is 3.45. The van der Waals surface area contributed by atoms with Gasteiger partial charge in [0.2, 0.25) is 5.91 Å². The number of anilines is 1. The Balaban J connectivity index is 2.11. The van der Waals surface area contributed by atoms with E-state index in [1.54, 1.807) is 31.4 Å². The van der Waals surface area contributed by atoms with Crippen LogP contribution in [0.1, 0.15) is 41.4 Å². The fraction of sp³-hybridized carbons (Fsp3) is 0.263. The van der Waals surface area contributed by atoms with Crippen LogP contribution in [-0.4, -0.2) is 18.9 Å². The van der Waals surface area contributed by atoms with Gasteiger partial charge in [0.1, 0.15) is 5.75 Å². The minimum absolute atomic E-state index is 0.146. The minimum Gasteiger partial charge on any atom is -0.496 e. The summed E-state index contributed by atoms with van der Waals surface area (Å²) in [4.78, 5) is 23.4. The predicted molar refractivity (Wildman–Crippen MR) is 94.4 cm³/mol. The van der Waals surface area contributed by atoms with Crippen molar-refractivity contribution in [2.45, 2.75) is 26.8 Å². The number of nitrogens with one attached hydrogen (secondary N) is 2. The molecule has 2 N–H and O–H groups in total. The lowest BCUT2D eigenvalue weighted by Crippen LogP contribution is -2.27. The van der Waals surface area contributed by atoms with Crippen LogP contribution in [0.3, 0.4) is 0 Å². The minimum atomic E-state index is -0.192. The molecule has 126 valence electrons. The summed E-state index contributed by atoms with van der Waals surface area (Å²) in [6, 6.07) is 12.4. The highest BCUT2D eigenvalue weighted by atomic mass is 16.5. The first-order valence-electron chi connectivity index (χ1n) is 7.73. The van der Waals surface area contributed by atoms with Crippen LogP contribution in [0.25, 0.3) is 0 Å². The first-order chi connectivity index (χ1) is 11.4. The number of methoxy groups -OCH3 is 1. The number of rotatable bonds is 5. The van der Waals surface area contributed by atoms with Crippen molar-refractivity contribution in [3.8, 4) is 5.75 Å². The molecule has 2 amide bonds. The maximum absolute atomic E-state index is 12.4.